The van der Waals surface area contributed by atoms with Crippen molar-refractivity contribution in [1.29, 1.82) is 0 Å². The summed E-state index contributed by atoms with van der Waals surface area (Å²) in [7, 11) is 0. The smallest absolute Gasteiger partial charge is 0.268 e. The number of hydrogen-bond donors (Lipinski definition) is 2. The van der Waals surface area contributed by atoms with Crippen LogP contribution < -0.4 is 5.32 Å². The second-order valence-electron chi connectivity index (χ2n) is 6.55. The number of nitrogens with one attached hydrogen (secondary N) is 2. The van der Waals surface area contributed by atoms with E-state index >= 15 is 0 Å². The van der Waals surface area contributed by atoms with Crippen LogP contribution in [-0.4, -0.2) is 25.4 Å². The van der Waals surface area contributed by atoms with Crippen LogP contribution in [0, 0.1) is 12.7 Å². The summed E-state index contributed by atoms with van der Waals surface area (Å²) in [5.74, 6) is -0.681. The number of carbonyl (C=O) groups is 1. The second kappa shape index (κ2) is 8.02. The summed E-state index contributed by atoms with van der Waals surface area (Å²) in [5.41, 5.74) is 2.59. The third-order valence-corrected chi connectivity index (χ3v) is 5.67. The van der Waals surface area contributed by atoms with Crippen molar-refractivity contribution in [3.63, 3.8) is 0 Å². The molecule has 0 spiro atoms. The van der Waals surface area contributed by atoms with Gasteiger partial charge >= 0.3 is 0 Å². The molecule has 2 N–H and O–H groups in total. The van der Waals surface area contributed by atoms with Gasteiger partial charge in [0.25, 0.3) is 5.91 Å². The molecule has 146 valence electrons. The SMILES string of the molecule is Cc1cc(F)cc([S+]([O-])c2ccc(CNC(=O)c3cc4cnccc4[nH]3)nc2)c1. The van der Waals surface area contributed by atoms with Crippen molar-refractivity contribution in [2.45, 2.75) is 23.3 Å². The molecule has 1 aromatic carbocycles. The summed E-state index contributed by atoms with van der Waals surface area (Å²) in [4.78, 5) is 24.5. The molecular formula is C21H17FN4O2S. The third-order valence-electron chi connectivity index (χ3n) is 4.34. The van der Waals surface area contributed by atoms with Gasteiger partial charge < -0.3 is 14.9 Å². The van der Waals surface area contributed by atoms with Gasteiger partial charge in [-0.25, -0.2) is 4.39 Å². The molecular weight excluding hydrogens is 391 g/mol. The van der Waals surface area contributed by atoms with Crippen LogP contribution in [0.3, 0.4) is 0 Å². The molecule has 0 saturated heterocycles. The van der Waals surface area contributed by atoms with Gasteiger partial charge in [-0.1, -0.05) is 0 Å². The lowest BCUT2D eigenvalue weighted by Crippen LogP contribution is -2.23. The minimum Gasteiger partial charge on any atom is -0.606 e. The second-order valence-corrected chi connectivity index (χ2v) is 8.03. The Bertz CT molecular complexity index is 1120. The van der Waals surface area contributed by atoms with E-state index in [0.29, 0.717) is 26.7 Å². The number of H-pyrrole nitrogens is 1. The van der Waals surface area contributed by atoms with E-state index in [-0.39, 0.29) is 12.5 Å². The monoisotopic (exact) mass is 408 g/mol. The van der Waals surface area contributed by atoms with E-state index in [0.717, 1.165) is 10.9 Å². The zero-order chi connectivity index (χ0) is 20.4. The standard InChI is InChI=1S/C21H17FN4O2S/c1-13-6-15(22)9-18(7-13)29(28)17-3-2-16(24-12-17)11-25-21(27)20-8-14-10-23-5-4-19(14)26-20/h2-10,12,26H,11H2,1H3,(H,25,27). The minimum absolute atomic E-state index is 0.221. The Balaban J connectivity index is 1.42. The molecule has 3 aromatic heterocycles. The molecule has 1 amide bonds. The van der Waals surface area contributed by atoms with E-state index in [1.807, 2.05) is 0 Å². The zero-order valence-corrected chi connectivity index (χ0v) is 16.3. The molecule has 0 fully saturated rings. The van der Waals surface area contributed by atoms with E-state index in [1.165, 1.54) is 18.3 Å². The molecule has 29 heavy (non-hydrogen) atoms. The van der Waals surface area contributed by atoms with Crippen molar-refractivity contribution in [3.05, 3.63) is 83.8 Å². The average molecular weight is 408 g/mol. The number of fused-ring (bicyclic) bond motifs is 1. The number of amides is 1. The summed E-state index contributed by atoms with van der Waals surface area (Å²) in [6, 6.07) is 11.2. The number of aromatic nitrogens is 3. The van der Waals surface area contributed by atoms with Crippen molar-refractivity contribution in [3.8, 4) is 0 Å². The van der Waals surface area contributed by atoms with Crippen LogP contribution >= 0.6 is 0 Å². The average Bonchev–Trinajstić information content (AvgIpc) is 3.15. The molecule has 6 nitrogen and oxygen atoms in total. The normalized spacial score (nSPS) is 12.1. The predicted molar refractivity (Wildman–Crippen MR) is 107 cm³/mol. The van der Waals surface area contributed by atoms with Crippen molar-refractivity contribution in [2.75, 3.05) is 0 Å². The molecule has 1 atom stereocenters. The molecule has 0 aliphatic carbocycles. The van der Waals surface area contributed by atoms with Gasteiger partial charge in [0, 0.05) is 40.5 Å². The highest BCUT2D eigenvalue weighted by Gasteiger charge is 2.17. The summed E-state index contributed by atoms with van der Waals surface area (Å²) in [6.45, 7) is 1.97. The number of hydrogen-bond acceptors (Lipinski definition) is 4. The van der Waals surface area contributed by atoms with Crippen LogP contribution in [0.15, 0.2) is 70.8 Å². The van der Waals surface area contributed by atoms with E-state index in [4.69, 9.17) is 0 Å². The maximum absolute atomic E-state index is 13.6. The van der Waals surface area contributed by atoms with E-state index in [1.54, 1.807) is 49.6 Å². The predicted octanol–water partition coefficient (Wildman–Crippen LogP) is 3.50. The van der Waals surface area contributed by atoms with Gasteiger partial charge in [0.1, 0.15) is 11.5 Å². The molecule has 4 aromatic rings. The first-order valence-corrected chi connectivity index (χ1v) is 9.99. The maximum atomic E-state index is 13.6. The molecule has 0 aliphatic heterocycles. The van der Waals surface area contributed by atoms with Crippen LogP contribution in [0.5, 0.6) is 0 Å². The number of aromatic amines is 1. The summed E-state index contributed by atoms with van der Waals surface area (Å²) < 4.78 is 26.2. The Kier molecular flexibility index (Phi) is 5.28. The number of pyridine rings is 2. The molecule has 0 radical (unpaired) electrons. The molecule has 3 heterocycles. The fraction of sp³-hybridized carbons (Fsp3) is 0.0952. The lowest BCUT2D eigenvalue weighted by Gasteiger charge is -2.11. The summed E-state index contributed by atoms with van der Waals surface area (Å²) in [6.07, 6.45) is 4.82. The number of benzene rings is 1. The Morgan fingerprint density at radius 3 is 2.76 bits per heavy atom. The van der Waals surface area contributed by atoms with Gasteiger partial charge in [-0.3, -0.25) is 14.8 Å². The highest BCUT2D eigenvalue weighted by molar-refractivity contribution is 7.91. The summed E-state index contributed by atoms with van der Waals surface area (Å²) in [5, 5.41) is 3.65. The molecule has 0 bridgehead atoms. The van der Waals surface area contributed by atoms with Crippen molar-refractivity contribution in [2.24, 2.45) is 0 Å². The van der Waals surface area contributed by atoms with Gasteiger partial charge in [-0.15, -0.1) is 0 Å². The largest absolute Gasteiger partial charge is 0.606 e. The number of halogens is 1. The highest BCUT2D eigenvalue weighted by Crippen LogP contribution is 2.22. The van der Waals surface area contributed by atoms with Crippen LogP contribution in [0.25, 0.3) is 10.9 Å². The van der Waals surface area contributed by atoms with Crippen LogP contribution in [-0.2, 0) is 17.7 Å². The number of carbonyl (C=O) groups excluding carboxylic acids is 1. The van der Waals surface area contributed by atoms with E-state index in [2.05, 4.69) is 20.3 Å². The van der Waals surface area contributed by atoms with Crippen molar-refractivity contribution < 1.29 is 13.7 Å². The molecule has 0 saturated carbocycles. The molecule has 4 rings (SSSR count). The Morgan fingerprint density at radius 2 is 2.03 bits per heavy atom. The molecule has 1 unspecified atom stereocenters. The highest BCUT2D eigenvalue weighted by atomic mass is 32.2. The first-order valence-electron chi connectivity index (χ1n) is 8.84. The van der Waals surface area contributed by atoms with Crippen molar-refractivity contribution in [1.82, 2.24) is 20.3 Å². The fourth-order valence-electron chi connectivity index (χ4n) is 2.93. The zero-order valence-electron chi connectivity index (χ0n) is 15.5. The van der Waals surface area contributed by atoms with E-state index < -0.39 is 17.0 Å². The van der Waals surface area contributed by atoms with Crippen molar-refractivity contribution >= 4 is 28.0 Å². The molecule has 0 aliphatic rings. The number of nitrogens with zero attached hydrogens (tertiary/aromatic N) is 2. The van der Waals surface area contributed by atoms with Gasteiger partial charge in [-0.05, 0) is 48.9 Å². The third kappa shape index (κ3) is 4.28. The Morgan fingerprint density at radius 1 is 1.17 bits per heavy atom. The lowest BCUT2D eigenvalue weighted by atomic mass is 10.2. The number of aryl methyl sites for hydroxylation is 1. The quantitative estimate of drug-likeness (QED) is 0.494. The minimum atomic E-state index is -1.53. The van der Waals surface area contributed by atoms with Gasteiger partial charge in [0.2, 0.25) is 0 Å². The fourth-order valence-corrected chi connectivity index (χ4v) is 4.06. The first kappa shape index (κ1) is 19.1. The first-order chi connectivity index (χ1) is 14.0. The van der Waals surface area contributed by atoms with Gasteiger partial charge in [0.15, 0.2) is 9.79 Å². The Labute approximate surface area is 169 Å². The van der Waals surface area contributed by atoms with Gasteiger partial charge in [-0.2, -0.15) is 0 Å². The summed E-state index contributed by atoms with van der Waals surface area (Å²) >= 11 is -1.53. The van der Waals surface area contributed by atoms with Crippen LogP contribution in [0.1, 0.15) is 21.7 Å². The maximum Gasteiger partial charge on any atom is 0.268 e. The lowest BCUT2D eigenvalue weighted by molar-refractivity contribution is 0.0946. The van der Waals surface area contributed by atoms with Gasteiger partial charge in [0.05, 0.1) is 18.4 Å². The molecule has 8 heteroatoms. The van der Waals surface area contributed by atoms with Crippen LogP contribution in [0.2, 0.25) is 0 Å². The number of rotatable bonds is 5. The topological polar surface area (TPSA) is 93.7 Å². The van der Waals surface area contributed by atoms with E-state index in [9.17, 15) is 13.7 Å². The van der Waals surface area contributed by atoms with Crippen LogP contribution in [0.4, 0.5) is 4.39 Å². The Hall–Kier alpha value is -3.23.